The van der Waals surface area contributed by atoms with E-state index in [-0.39, 0.29) is 5.75 Å². The standard InChI is InChI=1S/C15H14Br2O2S/c16-11-15(17,13-7-3-1-4-8-13)12-20(18,19)14-9-5-2-6-10-14/h1-10H,11-12H2. The molecule has 5 heteroatoms. The quantitative estimate of drug-likeness (QED) is 0.685. The van der Waals surface area contributed by atoms with Gasteiger partial charge in [0.1, 0.15) is 0 Å². The zero-order valence-corrected chi connectivity index (χ0v) is 14.7. The Kier molecular flexibility index (Phi) is 5.04. The monoisotopic (exact) mass is 416 g/mol. The molecule has 0 aliphatic rings. The van der Waals surface area contributed by atoms with E-state index in [1.54, 1.807) is 24.3 Å². The van der Waals surface area contributed by atoms with Gasteiger partial charge in [-0.3, -0.25) is 0 Å². The van der Waals surface area contributed by atoms with Crippen molar-refractivity contribution in [2.24, 2.45) is 0 Å². The molecule has 20 heavy (non-hydrogen) atoms. The van der Waals surface area contributed by atoms with Crippen LogP contribution in [0, 0.1) is 0 Å². The van der Waals surface area contributed by atoms with Gasteiger partial charge in [0.25, 0.3) is 0 Å². The summed E-state index contributed by atoms with van der Waals surface area (Å²) >= 11 is 7.02. The van der Waals surface area contributed by atoms with Crippen molar-refractivity contribution in [2.45, 2.75) is 9.22 Å². The Bertz CT molecular complexity index is 657. The molecule has 0 fully saturated rings. The van der Waals surface area contributed by atoms with Crippen LogP contribution in [0.4, 0.5) is 0 Å². The predicted octanol–water partition coefficient (Wildman–Crippen LogP) is 4.15. The van der Waals surface area contributed by atoms with Crippen LogP contribution in [-0.4, -0.2) is 19.5 Å². The molecule has 0 spiro atoms. The number of hydrogen-bond donors (Lipinski definition) is 0. The van der Waals surface area contributed by atoms with Gasteiger partial charge in [-0.1, -0.05) is 80.4 Å². The van der Waals surface area contributed by atoms with E-state index in [1.165, 1.54) is 0 Å². The van der Waals surface area contributed by atoms with Crippen molar-refractivity contribution in [1.29, 1.82) is 0 Å². The summed E-state index contributed by atoms with van der Waals surface area (Å²) in [6, 6.07) is 18.1. The highest BCUT2D eigenvalue weighted by atomic mass is 79.9. The van der Waals surface area contributed by atoms with E-state index in [2.05, 4.69) is 31.9 Å². The van der Waals surface area contributed by atoms with Crippen molar-refractivity contribution in [2.75, 3.05) is 11.1 Å². The molecule has 0 radical (unpaired) electrons. The van der Waals surface area contributed by atoms with Gasteiger partial charge in [-0.2, -0.15) is 0 Å². The second-order valence-electron chi connectivity index (χ2n) is 4.54. The first-order valence-electron chi connectivity index (χ1n) is 6.06. The summed E-state index contributed by atoms with van der Waals surface area (Å²) in [5.74, 6) is -0.000718. The Labute approximate surface area is 136 Å². The SMILES string of the molecule is O=S(=O)(CC(Br)(CBr)c1ccccc1)c1ccccc1. The third kappa shape index (κ3) is 3.51. The second kappa shape index (κ2) is 6.41. The van der Waals surface area contributed by atoms with Gasteiger partial charge in [-0.25, -0.2) is 8.42 Å². The Morgan fingerprint density at radius 3 is 1.90 bits per heavy atom. The van der Waals surface area contributed by atoms with Crippen molar-refractivity contribution in [3.63, 3.8) is 0 Å². The minimum atomic E-state index is -3.36. The summed E-state index contributed by atoms with van der Waals surface area (Å²) in [6.07, 6.45) is 0. The molecular weight excluding hydrogens is 404 g/mol. The van der Waals surface area contributed by atoms with Gasteiger partial charge in [0.2, 0.25) is 0 Å². The molecule has 0 bridgehead atoms. The first-order valence-corrected chi connectivity index (χ1v) is 9.63. The molecule has 0 amide bonds. The maximum Gasteiger partial charge on any atom is 0.180 e. The summed E-state index contributed by atoms with van der Waals surface area (Å²) in [5.41, 5.74) is 0.941. The molecule has 0 aliphatic carbocycles. The lowest BCUT2D eigenvalue weighted by Crippen LogP contribution is -2.30. The van der Waals surface area contributed by atoms with E-state index in [0.717, 1.165) is 5.56 Å². The molecule has 0 N–H and O–H groups in total. The second-order valence-corrected chi connectivity index (χ2v) is 8.61. The largest absolute Gasteiger partial charge is 0.224 e. The predicted molar refractivity (Wildman–Crippen MR) is 89.3 cm³/mol. The highest BCUT2D eigenvalue weighted by molar-refractivity contribution is 9.12. The summed E-state index contributed by atoms with van der Waals surface area (Å²) in [7, 11) is -3.36. The minimum Gasteiger partial charge on any atom is -0.224 e. The van der Waals surface area contributed by atoms with Crippen molar-refractivity contribution in [1.82, 2.24) is 0 Å². The number of halogens is 2. The molecule has 2 aromatic carbocycles. The van der Waals surface area contributed by atoms with E-state index in [9.17, 15) is 8.42 Å². The summed E-state index contributed by atoms with van der Waals surface area (Å²) in [6.45, 7) is 0. The molecule has 2 rings (SSSR count). The zero-order valence-electron chi connectivity index (χ0n) is 10.7. The molecule has 1 atom stereocenters. The summed E-state index contributed by atoms with van der Waals surface area (Å²) in [4.78, 5) is 0.348. The van der Waals surface area contributed by atoms with E-state index < -0.39 is 14.2 Å². The van der Waals surface area contributed by atoms with Crippen LogP contribution in [0.2, 0.25) is 0 Å². The lowest BCUT2D eigenvalue weighted by atomic mass is 10.0. The summed E-state index contributed by atoms with van der Waals surface area (Å²) < 4.78 is 24.4. The Hall–Kier alpha value is -0.650. The van der Waals surface area contributed by atoms with E-state index >= 15 is 0 Å². The van der Waals surface area contributed by atoms with Crippen LogP contribution < -0.4 is 0 Å². The van der Waals surface area contributed by atoms with Gasteiger partial charge >= 0.3 is 0 Å². The van der Waals surface area contributed by atoms with Crippen molar-refractivity contribution < 1.29 is 8.42 Å². The van der Waals surface area contributed by atoms with Gasteiger partial charge in [0, 0.05) is 5.33 Å². The number of benzene rings is 2. The van der Waals surface area contributed by atoms with Gasteiger partial charge in [-0.15, -0.1) is 0 Å². The molecular formula is C15H14Br2O2S. The fraction of sp³-hybridized carbons (Fsp3) is 0.200. The first kappa shape index (κ1) is 15.7. The lowest BCUT2D eigenvalue weighted by molar-refractivity contribution is 0.588. The molecule has 2 nitrogen and oxygen atoms in total. The molecule has 106 valence electrons. The zero-order chi connectivity index (χ0) is 14.6. The molecule has 0 heterocycles. The fourth-order valence-corrected chi connectivity index (χ4v) is 5.51. The summed E-state index contributed by atoms with van der Waals surface area (Å²) in [5, 5.41) is 0.510. The molecule has 1 unspecified atom stereocenters. The third-order valence-electron chi connectivity index (χ3n) is 3.02. The van der Waals surface area contributed by atoms with Crippen LogP contribution >= 0.6 is 31.9 Å². The topological polar surface area (TPSA) is 34.1 Å². The number of alkyl halides is 2. The van der Waals surface area contributed by atoms with Crippen LogP contribution in [0.25, 0.3) is 0 Å². The lowest BCUT2D eigenvalue weighted by Gasteiger charge is -2.25. The maximum absolute atomic E-state index is 12.5. The highest BCUT2D eigenvalue weighted by Gasteiger charge is 2.34. The minimum absolute atomic E-state index is 0.000718. The van der Waals surface area contributed by atoms with Gasteiger partial charge in [-0.05, 0) is 17.7 Å². The van der Waals surface area contributed by atoms with Crippen LogP contribution in [0.3, 0.4) is 0 Å². The van der Waals surface area contributed by atoms with Crippen molar-refractivity contribution in [3.05, 3.63) is 66.2 Å². The molecule has 0 saturated heterocycles. The number of hydrogen-bond acceptors (Lipinski definition) is 2. The Morgan fingerprint density at radius 2 is 1.40 bits per heavy atom. The Balaban J connectivity index is 2.36. The van der Waals surface area contributed by atoms with E-state index in [0.29, 0.717) is 10.2 Å². The van der Waals surface area contributed by atoms with E-state index in [4.69, 9.17) is 0 Å². The third-order valence-corrected chi connectivity index (χ3v) is 7.99. The molecule has 2 aromatic rings. The first-order chi connectivity index (χ1) is 9.48. The van der Waals surface area contributed by atoms with Crippen molar-refractivity contribution in [3.8, 4) is 0 Å². The molecule has 0 saturated carbocycles. The van der Waals surface area contributed by atoms with Crippen LogP contribution in [-0.2, 0) is 14.2 Å². The normalized spacial score (nSPS) is 14.7. The Morgan fingerprint density at radius 1 is 0.900 bits per heavy atom. The van der Waals surface area contributed by atoms with Gasteiger partial charge in [0.15, 0.2) is 9.84 Å². The average Bonchev–Trinajstić information content (AvgIpc) is 2.48. The number of rotatable bonds is 5. The molecule has 0 aliphatic heterocycles. The average molecular weight is 418 g/mol. The van der Waals surface area contributed by atoms with Crippen LogP contribution in [0.15, 0.2) is 65.6 Å². The van der Waals surface area contributed by atoms with E-state index in [1.807, 2.05) is 36.4 Å². The smallest absolute Gasteiger partial charge is 0.180 e. The maximum atomic E-state index is 12.5. The van der Waals surface area contributed by atoms with Gasteiger partial charge in [0.05, 0.1) is 15.0 Å². The number of sulfone groups is 1. The fourth-order valence-electron chi connectivity index (χ4n) is 1.95. The van der Waals surface area contributed by atoms with Crippen LogP contribution in [0.1, 0.15) is 5.56 Å². The highest BCUT2D eigenvalue weighted by Crippen LogP contribution is 2.36. The molecule has 0 aromatic heterocycles. The van der Waals surface area contributed by atoms with Gasteiger partial charge < -0.3 is 0 Å². The van der Waals surface area contributed by atoms with Crippen molar-refractivity contribution >= 4 is 41.7 Å². The van der Waals surface area contributed by atoms with Crippen LogP contribution in [0.5, 0.6) is 0 Å².